The number of halogens is 1. The molecule has 1 saturated heterocycles. The van der Waals surface area contributed by atoms with Gasteiger partial charge in [-0.3, -0.25) is 4.79 Å². The van der Waals surface area contributed by atoms with E-state index in [1.54, 1.807) is 11.3 Å². The van der Waals surface area contributed by atoms with Crippen LogP contribution in [0.3, 0.4) is 0 Å². The van der Waals surface area contributed by atoms with Gasteiger partial charge in [0.05, 0.1) is 4.34 Å². The van der Waals surface area contributed by atoms with E-state index < -0.39 is 0 Å². The minimum Gasteiger partial charge on any atom is -0.380 e. The molecular formula is C15H15ClN2OS. The molecule has 1 fully saturated rings. The summed E-state index contributed by atoms with van der Waals surface area (Å²) in [6.07, 6.45) is 1.61. The Morgan fingerprint density at radius 3 is 2.90 bits per heavy atom. The summed E-state index contributed by atoms with van der Waals surface area (Å²) in [5, 5.41) is 3.37. The summed E-state index contributed by atoms with van der Waals surface area (Å²) in [6, 6.07) is 11.9. The van der Waals surface area contributed by atoms with Crippen LogP contribution in [0.15, 0.2) is 36.4 Å². The molecule has 0 atom stereocenters. The lowest BCUT2D eigenvalue weighted by Crippen LogP contribution is -2.23. The molecule has 5 heteroatoms. The van der Waals surface area contributed by atoms with Crippen molar-refractivity contribution in [1.29, 1.82) is 0 Å². The van der Waals surface area contributed by atoms with Crippen molar-refractivity contribution in [2.45, 2.75) is 19.4 Å². The lowest BCUT2D eigenvalue weighted by molar-refractivity contribution is -0.117. The number of amides is 1. The van der Waals surface area contributed by atoms with Gasteiger partial charge < -0.3 is 10.2 Å². The van der Waals surface area contributed by atoms with Gasteiger partial charge in [0.15, 0.2) is 0 Å². The van der Waals surface area contributed by atoms with Gasteiger partial charge in [-0.15, -0.1) is 11.3 Å². The third-order valence-corrected chi connectivity index (χ3v) is 4.56. The molecule has 20 heavy (non-hydrogen) atoms. The zero-order chi connectivity index (χ0) is 13.9. The molecule has 0 aliphatic carbocycles. The number of carbonyl (C=O) groups is 1. The quantitative estimate of drug-likeness (QED) is 0.920. The van der Waals surface area contributed by atoms with Crippen LogP contribution in [0.25, 0.3) is 0 Å². The molecule has 1 aromatic heterocycles. The van der Waals surface area contributed by atoms with Crippen molar-refractivity contribution in [3.63, 3.8) is 0 Å². The van der Waals surface area contributed by atoms with E-state index in [-0.39, 0.29) is 5.91 Å². The van der Waals surface area contributed by atoms with E-state index in [1.165, 1.54) is 4.88 Å². The molecule has 0 unspecified atom stereocenters. The van der Waals surface area contributed by atoms with Crippen LogP contribution in [0.2, 0.25) is 4.34 Å². The summed E-state index contributed by atoms with van der Waals surface area (Å²) >= 11 is 7.49. The van der Waals surface area contributed by atoms with E-state index >= 15 is 0 Å². The van der Waals surface area contributed by atoms with Crippen LogP contribution >= 0.6 is 22.9 Å². The Bertz CT molecular complexity index is 626. The van der Waals surface area contributed by atoms with Crippen LogP contribution < -0.4 is 10.2 Å². The lowest BCUT2D eigenvalue weighted by atomic mass is 10.2. The highest BCUT2D eigenvalue weighted by atomic mass is 35.5. The van der Waals surface area contributed by atoms with Crippen LogP contribution in [0, 0.1) is 0 Å². The van der Waals surface area contributed by atoms with E-state index in [9.17, 15) is 4.79 Å². The SMILES string of the molecule is O=C1CCCN1c1cccc(NCc2ccc(Cl)s2)c1. The van der Waals surface area contributed by atoms with E-state index in [2.05, 4.69) is 5.32 Å². The Hall–Kier alpha value is -1.52. The van der Waals surface area contributed by atoms with Crippen molar-refractivity contribution in [1.82, 2.24) is 0 Å². The summed E-state index contributed by atoms with van der Waals surface area (Å²) in [7, 11) is 0. The summed E-state index contributed by atoms with van der Waals surface area (Å²) in [5.41, 5.74) is 1.99. The van der Waals surface area contributed by atoms with Crippen LogP contribution in [0.4, 0.5) is 11.4 Å². The van der Waals surface area contributed by atoms with E-state index in [0.717, 1.165) is 35.2 Å². The first-order valence-electron chi connectivity index (χ1n) is 6.61. The minimum absolute atomic E-state index is 0.215. The van der Waals surface area contributed by atoms with Gasteiger partial charge in [-0.2, -0.15) is 0 Å². The molecule has 1 amide bonds. The number of thiophene rings is 1. The maximum atomic E-state index is 11.8. The van der Waals surface area contributed by atoms with Gasteiger partial charge in [0.2, 0.25) is 5.91 Å². The molecule has 3 rings (SSSR count). The van der Waals surface area contributed by atoms with Crippen molar-refractivity contribution in [3.05, 3.63) is 45.6 Å². The third kappa shape index (κ3) is 2.97. The van der Waals surface area contributed by atoms with Crippen LogP contribution in [0.5, 0.6) is 0 Å². The predicted molar refractivity (Wildman–Crippen MR) is 84.7 cm³/mol. The second-order valence-corrected chi connectivity index (χ2v) is 6.56. The topological polar surface area (TPSA) is 32.3 Å². The number of rotatable bonds is 4. The molecule has 0 saturated carbocycles. The minimum atomic E-state index is 0.215. The summed E-state index contributed by atoms with van der Waals surface area (Å²) in [6.45, 7) is 1.57. The number of hydrogen-bond acceptors (Lipinski definition) is 3. The van der Waals surface area contributed by atoms with Crippen molar-refractivity contribution >= 4 is 40.2 Å². The first kappa shape index (κ1) is 13.5. The molecule has 104 valence electrons. The van der Waals surface area contributed by atoms with E-state index in [4.69, 9.17) is 11.6 Å². The number of nitrogens with zero attached hydrogens (tertiary/aromatic N) is 1. The fraction of sp³-hybridized carbons (Fsp3) is 0.267. The van der Waals surface area contributed by atoms with E-state index in [1.807, 2.05) is 41.3 Å². The molecule has 0 radical (unpaired) electrons. The van der Waals surface area contributed by atoms with Crippen LogP contribution in [0.1, 0.15) is 17.7 Å². The summed E-state index contributed by atoms with van der Waals surface area (Å²) in [5.74, 6) is 0.215. The molecular weight excluding hydrogens is 292 g/mol. The molecule has 1 aliphatic heterocycles. The Labute approximate surface area is 127 Å². The van der Waals surface area contributed by atoms with Crippen molar-refractivity contribution in [2.75, 3.05) is 16.8 Å². The molecule has 1 aromatic carbocycles. The molecule has 3 nitrogen and oxygen atoms in total. The van der Waals surface area contributed by atoms with Gasteiger partial charge in [0.25, 0.3) is 0 Å². The molecule has 2 heterocycles. The normalized spacial score (nSPS) is 14.8. The average Bonchev–Trinajstić information content (AvgIpc) is 3.05. The van der Waals surface area contributed by atoms with Crippen molar-refractivity contribution in [3.8, 4) is 0 Å². The summed E-state index contributed by atoms with van der Waals surface area (Å²) in [4.78, 5) is 14.8. The van der Waals surface area contributed by atoms with Gasteiger partial charge in [-0.1, -0.05) is 17.7 Å². The largest absolute Gasteiger partial charge is 0.380 e. The molecule has 1 aliphatic rings. The average molecular weight is 307 g/mol. The van der Waals surface area contributed by atoms with Gasteiger partial charge in [0.1, 0.15) is 0 Å². The summed E-state index contributed by atoms with van der Waals surface area (Å²) < 4.78 is 0.804. The van der Waals surface area contributed by atoms with Gasteiger partial charge in [-0.25, -0.2) is 0 Å². The smallest absolute Gasteiger partial charge is 0.227 e. The monoisotopic (exact) mass is 306 g/mol. The van der Waals surface area contributed by atoms with Gasteiger partial charge >= 0.3 is 0 Å². The van der Waals surface area contributed by atoms with Gasteiger partial charge in [0, 0.05) is 35.8 Å². The first-order valence-corrected chi connectivity index (χ1v) is 7.80. The van der Waals surface area contributed by atoms with Crippen molar-refractivity contribution in [2.24, 2.45) is 0 Å². The zero-order valence-electron chi connectivity index (χ0n) is 10.9. The lowest BCUT2D eigenvalue weighted by Gasteiger charge is -2.17. The fourth-order valence-corrected chi connectivity index (χ4v) is 3.37. The Morgan fingerprint density at radius 1 is 1.30 bits per heavy atom. The first-order chi connectivity index (χ1) is 9.72. The van der Waals surface area contributed by atoms with Crippen molar-refractivity contribution < 1.29 is 4.79 Å². The Balaban J connectivity index is 1.69. The highest BCUT2D eigenvalue weighted by molar-refractivity contribution is 7.16. The van der Waals surface area contributed by atoms with Gasteiger partial charge in [-0.05, 0) is 36.8 Å². The Kier molecular flexibility index (Phi) is 3.94. The second kappa shape index (κ2) is 5.85. The molecule has 2 aromatic rings. The number of carbonyl (C=O) groups excluding carboxylic acids is 1. The van der Waals surface area contributed by atoms with E-state index in [0.29, 0.717) is 6.42 Å². The van der Waals surface area contributed by atoms with Crippen LogP contribution in [-0.4, -0.2) is 12.5 Å². The van der Waals surface area contributed by atoms with Crippen LogP contribution in [-0.2, 0) is 11.3 Å². The number of benzene rings is 1. The maximum Gasteiger partial charge on any atom is 0.227 e. The second-order valence-electron chi connectivity index (χ2n) is 4.76. The Morgan fingerprint density at radius 2 is 2.20 bits per heavy atom. The molecule has 0 bridgehead atoms. The zero-order valence-corrected chi connectivity index (χ0v) is 12.5. The number of nitrogens with one attached hydrogen (secondary N) is 1. The number of hydrogen-bond donors (Lipinski definition) is 1. The highest BCUT2D eigenvalue weighted by Gasteiger charge is 2.21. The predicted octanol–water partition coefficient (Wildman–Crippen LogP) is 4.14. The standard InChI is InChI=1S/C15H15ClN2OS/c16-14-7-6-13(20-14)10-17-11-3-1-4-12(9-11)18-8-2-5-15(18)19/h1,3-4,6-7,9,17H,2,5,8,10H2. The fourth-order valence-electron chi connectivity index (χ4n) is 2.34. The molecule has 1 N–H and O–H groups in total. The molecule has 0 spiro atoms. The highest BCUT2D eigenvalue weighted by Crippen LogP contribution is 2.26. The third-order valence-electron chi connectivity index (χ3n) is 3.33. The number of anilines is 2. The maximum absolute atomic E-state index is 11.8.